The molecule has 2 aliphatic carbocycles. The molecule has 0 radical (unpaired) electrons. The summed E-state index contributed by atoms with van der Waals surface area (Å²) in [5.74, 6) is 0.813. The van der Waals surface area contributed by atoms with E-state index in [2.05, 4.69) is 44.2 Å². The van der Waals surface area contributed by atoms with Gasteiger partial charge in [0.05, 0.1) is 0 Å². The van der Waals surface area contributed by atoms with Gasteiger partial charge in [-0.3, -0.25) is 4.79 Å². The maximum absolute atomic E-state index is 11.8. The predicted molar refractivity (Wildman–Crippen MR) is 84.9 cm³/mol. The van der Waals surface area contributed by atoms with Crippen LogP contribution in [0, 0.1) is 11.3 Å². The van der Waals surface area contributed by atoms with Gasteiger partial charge in [0.25, 0.3) is 0 Å². The lowest BCUT2D eigenvalue weighted by Crippen LogP contribution is -2.39. The smallest absolute Gasteiger partial charge is 0.155 e. The SMILES string of the molecule is C[C@@H]1CC(=O)C=C2CC[C@H](Sc3ccccc3)C[C@]21C. The second-order valence-electron chi connectivity index (χ2n) is 6.45. The van der Waals surface area contributed by atoms with Crippen LogP contribution in [-0.4, -0.2) is 11.0 Å². The highest BCUT2D eigenvalue weighted by atomic mass is 32.2. The number of thioether (sulfide) groups is 1. The maximum Gasteiger partial charge on any atom is 0.155 e. The molecule has 20 heavy (non-hydrogen) atoms. The topological polar surface area (TPSA) is 17.1 Å². The summed E-state index contributed by atoms with van der Waals surface area (Å²) in [6.07, 6.45) is 6.16. The molecule has 2 aliphatic rings. The lowest BCUT2D eigenvalue weighted by Gasteiger charge is -2.46. The van der Waals surface area contributed by atoms with Crippen LogP contribution in [-0.2, 0) is 4.79 Å². The van der Waals surface area contributed by atoms with Gasteiger partial charge in [-0.1, -0.05) is 37.6 Å². The van der Waals surface area contributed by atoms with Gasteiger partial charge in [-0.15, -0.1) is 11.8 Å². The number of allylic oxidation sites excluding steroid dienone is 2. The van der Waals surface area contributed by atoms with Crippen LogP contribution in [0.15, 0.2) is 46.9 Å². The van der Waals surface area contributed by atoms with Crippen LogP contribution in [0.1, 0.15) is 39.5 Å². The van der Waals surface area contributed by atoms with E-state index in [1.165, 1.54) is 23.3 Å². The van der Waals surface area contributed by atoms with Crippen molar-refractivity contribution in [3.05, 3.63) is 42.0 Å². The number of hydrogen-bond acceptors (Lipinski definition) is 2. The molecule has 3 rings (SSSR count). The summed E-state index contributed by atoms with van der Waals surface area (Å²) in [7, 11) is 0. The van der Waals surface area contributed by atoms with Gasteiger partial charge >= 0.3 is 0 Å². The van der Waals surface area contributed by atoms with Crippen molar-refractivity contribution in [2.75, 3.05) is 0 Å². The minimum Gasteiger partial charge on any atom is -0.295 e. The fourth-order valence-corrected chi connectivity index (χ4v) is 5.00. The first-order chi connectivity index (χ1) is 9.58. The Labute approximate surface area is 125 Å². The van der Waals surface area contributed by atoms with E-state index in [1.807, 2.05) is 17.8 Å². The Morgan fingerprint density at radius 1 is 1.25 bits per heavy atom. The quantitative estimate of drug-likeness (QED) is 0.771. The van der Waals surface area contributed by atoms with E-state index in [0.717, 1.165) is 12.8 Å². The largest absolute Gasteiger partial charge is 0.295 e. The first-order valence-electron chi connectivity index (χ1n) is 7.53. The summed E-state index contributed by atoms with van der Waals surface area (Å²) >= 11 is 2.01. The Hall–Kier alpha value is -1.02. The van der Waals surface area contributed by atoms with Crippen LogP contribution in [0.25, 0.3) is 0 Å². The predicted octanol–water partition coefficient (Wildman–Crippen LogP) is 4.87. The van der Waals surface area contributed by atoms with Crippen LogP contribution in [0.3, 0.4) is 0 Å². The molecule has 0 aliphatic heterocycles. The van der Waals surface area contributed by atoms with E-state index >= 15 is 0 Å². The fraction of sp³-hybridized carbons (Fsp3) is 0.500. The van der Waals surface area contributed by atoms with E-state index in [1.54, 1.807) is 0 Å². The van der Waals surface area contributed by atoms with Gasteiger partial charge < -0.3 is 0 Å². The molecule has 106 valence electrons. The van der Waals surface area contributed by atoms with Gasteiger partial charge in [-0.05, 0) is 48.8 Å². The van der Waals surface area contributed by atoms with Crippen LogP contribution in [0.5, 0.6) is 0 Å². The van der Waals surface area contributed by atoms with Crippen molar-refractivity contribution in [1.29, 1.82) is 0 Å². The van der Waals surface area contributed by atoms with Crippen molar-refractivity contribution < 1.29 is 4.79 Å². The molecule has 0 amide bonds. The molecule has 0 unspecified atom stereocenters. The molecular formula is C18H22OS. The van der Waals surface area contributed by atoms with Crippen LogP contribution < -0.4 is 0 Å². The Kier molecular flexibility index (Phi) is 3.76. The molecular weight excluding hydrogens is 264 g/mol. The Morgan fingerprint density at radius 2 is 2.00 bits per heavy atom. The highest BCUT2D eigenvalue weighted by Gasteiger charge is 2.43. The van der Waals surface area contributed by atoms with Crippen LogP contribution >= 0.6 is 11.8 Å². The monoisotopic (exact) mass is 286 g/mol. The van der Waals surface area contributed by atoms with Gasteiger partial charge in [0, 0.05) is 16.6 Å². The third kappa shape index (κ3) is 2.58. The number of fused-ring (bicyclic) bond motifs is 1. The Balaban J connectivity index is 1.77. The summed E-state index contributed by atoms with van der Waals surface area (Å²) < 4.78 is 0. The zero-order valence-electron chi connectivity index (χ0n) is 12.3. The normalized spacial score (nSPS) is 33.5. The summed E-state index contributed by atoms with van der Waals surface area (Å²) in [5, 5.41) is 0.676. The Bertz CT molecular complexity index is 534. The molecule has 0 spiro atoms. The van der Waals surface area contributed by atoms with Gasteiger partial charge in [0.1, 0.15) is 0 Å². The second-order valence-corrected chi connectivity index (χ2v) is 7.83. The lowest BCUT2D eigenvalue weighted by atomic mass is 9.60. The van der Waals surface area contributed by atoms with Gasteiger partial charge in [-0.2, -0.15) is 0 Å². The number of rotatable bonds is 2. The average Bonchev–Trinajstić information content (AvgIpc) is 2.42. The molecule has 0 aromatic heterocycles. The molecule has 0 N–H and O–H groups in total. The van der Waals surface area contributed by atoms with Crippen molar-refractivity contribution in [3.63, 3.8) is 0 Å². The molecule has 1 nitrogen and oxygen atoms in total. The third-order valence-electron chi connectivity index (χ3n) is 5.10. The number of benzene rings is 1. The van der Waals surface area contributed by atoms with Crippen molar-refractivity contribution >= 4 is 17.5 Å². The van der Waals surface area contributed by atoms with Crippen molar-refractivity contribution in [3.8, 4) is 0 Å². The summed E-state index contributed by atoms with van der Waals surface area (Å²) in [6.45, 7) is 4.62. The minimum atomic E-state index is 0.235. The molecule has 1 aromatic rings. The lowest BCUT2D eigenvalue weighted by molar-refractivity contribution is -0.117. The standard InChI is InChI=1S/C18H22OS/c1-13-10-15(19)11-14-8-9-17(12-18(13,14)2)20-16-6-4-3-5-7-16/h3-7,11,13,17H,8-10,12H2,1-2H3/t13-,17+,18+/m1/s1. The fourth-order valence-electron chi connectivity index (χ4n) is 3.64. The highest BCUT2D eigenvalue weighted by molar-refractivity contribution is 8.00. The molecule has 1 aromatic carbocycles. The number of hydrogen-bond donors (Lipinski definition) is 0. The number of ketones is 1. The van der Waals surface area contributed by atoms with Crippen molar-refractivity contribution in [2.45, 2.75) is 49.7 Å². The summed E-state index contributed by atoms with van der Waals surface area (Å²) in [6, 6.07) is 10.7. The van der Waals surface area contributed by atoms with E-state index < -0.39 is 0 Å². The molecule has 1 saturated carbocycles. The van der Waals surface area contributed by atoms with Crippen molar-refractivity contribution in [2.24, 2.45) is 11.3 Å². The molecule has 0 heterocycles. The maximum atomic E-state index is 11.8. The highest BCUT2D eigenvalue weighted by Crippen LogP contribution is 2.52. The second kappa shape index (κ2) is 5.40. The van der Waals surface area contributed by atoms with E-state index in [0.29, 0.717) is 17.0 Å². The first-order valence-corrected chi connectivity index (χ1v) is 8.41. The van der Waals surface area contributed by atoms with Crippen molar-refractivity contribution in [1.82, 2.24) is 0 Å². The number of carbonyl (C=O) groups excluding carboxylic acids is 1. The molecule has 3 atom stereocenters. The van der Waals surface area contributed by atoms with E-state index in [4.69, 9.17) is 0 Å². The van der Waals surface area contributed by atoms with Crippen LogP contribution in [0.2, 0.25) is 0 Å². The summed E-state index contributed by atoms with van der Waals surface area (Å²) in [4.78, 5) is 13.1. The van der Waals surface area contributed by atoms with Gasteiger partial charge in [0.15, 0.2) is 5.78 Å². The zero-order chi connectivity index (χ0) is 14.2. The van der Waals surface area contributed by atoms with E-state index in [9.17, 15) is 4.79 Å². The molecule has 1 fully saturated rings. The molecule has 0 bridgehead atoms. The Morgan fingerprint density at radius 3 is 2.75 bits per heavy atom. The van der Waals surface area contributed by atoms with Gasteiger partial charge in [0.2, 0.25) is 0 Å². The summed E-state index contributed by atoms with van der Waals surface area (Å²) in [5.41, 5.74) is 1.64. The molecule has 2 heteroatoms. The third-order valence-corrected chi connectivity index (χ3v) is 6.38. The first kappa shape index (κ1) is 13.9. The zero-order valence-corrected chi connectivity index (χ0v) is 13.1. The average molecular weight is 286 g/mol. The van der Waals surface area contributed by atoms with Crippen LogP contribution in [0.4, 0.5) is 0 Å². The van der Waals surface area contributed by atoms with Gasteiger partial charge in [-0.25, -0.2) is 0 Å². The molecule has 0 saturated heterocycles. The van der Waals surface area contributed by atoms with E-state index in [-0.39, 0.29) is 5.41 Å². The minimum absolute atomic E-state index is 0.235. The number of carbonyl (C=O) groups is 1.